The number of aryl methyl sites for hydroxylation is 1. The first-order valence-electron chi connectivity index (χ1n) is 11.4. The molecule has 0 saturated heterocycles. The van der Waals surface area contributed by atoms with Crippen LogP contribution in [0.3, 0.4) is 0 Å². The number of nitrogens with zero attached hydrogens (tertiary/aromatic N) is 5. The zero-order chi connectivity index (χ0) is 25.4. The number of hydrogen-bond acceptors (Lipinski definition) is 7. The van der Waals surface area contributed by atoms with Gasteiger partial charge in [-0.3, -0.25) is 9.97 Å². The molecule has 2 aliphatic rings. The second-order valence-electron chi connectivity index (χ2n) is 8.81. The van der Waals surface area contributed by atoms with E-state index in [0.29, 0.717) is 27.9 Å². The number of rotatable bonds is 7. The molecule has 1 N–H and O–H groups in total. The highest BCUT2D eigenvalue weighted by atomic mass is 35.5. The zero-order valence-corrected chi connectivity index (χ0v) is 20.4. The second-order valence-corrected chi connectivity index (χ2v) is 9.21. The number of aromatic nitrogens is 4. The second kappa shape index (κ2) is 9.95. The van der Waals surface area contributed by atoms with Gasteiger partial charge in [-0.25, -0.2) is 18.7 Å². The first-order chi connectivity index (χ1) is 17.3. The van der Waals surface area contributed by atoms with Crippen LogP contribution < -0.4 is 4.81 Å². The summed E-state index contributed by atoms with van der Waals surface area (Å²) in [5, 5.41) is 10.4. The van der Waals surface area contributed by atoms with Crippen LogP contribution in [0.1, 0.15) is 43.0 Å². The molecule has 0 aromatic carbocycles. The van der Waals surface area contributed by atoms with Crippen molar-refractivity contribution in [1.29, 1.82) is 0 Å². The van der Waals surface area contributed by atoms with Gasteiger partial charge in [-0.2, -0.15) is 0 Å². The highest BCUT2D eigenvalue weighted by Crippen LogP contribution is 2.40. The molecule has 0 spiro atoms. The summed E-state index contributed by atoms with van der Waals surface area (Å²) < 4.78 is 32.7. The summed E-state index contributed by atoms with van der Waals surface area (Å²) >= 11 is 6.50. The normalized spacial score (nSPS) is 16.5. The highest BCUT2D eigenvalue weighted by molar-refractivity contribution is 6.67. The largest absolute Gasteiger partial charge is 0.487 e. The molecule has 1 atom stereocenters. The van der Waals surface area contributed by atoms with E-state index in [9.17, 15) is 13.9 Å². The topological polar surface area (TPSA) is 84.3 Å². The molecule has 3 aromatic heterocycles. The summed E-state index contributed by atoms with van der Waals surface area (Å²) in [5.74, 6) is -0.573. The lowest BCUT2D eigenvalue weighted by Crippen LogP contribution is -2.30. The Kier molecular flexibility index (Phi) is 6.72. The molecule has 1 radical (unpaired) electrons. The first-order valence-corrected chi connectivity index (χ1v) is 11.8. The minimum atomic E-state index is -0.786. The van der Waals surface area contributed by atoms with Gasteiger partial charge in [-0.05, 0) is 56.4 Å². The van der Waals surface area contributed by atoms with Crippen LogP contribution in [0.2, 0.25) is 0 Å². The van der Waals surface area contributed by atoms with E-state index >= 15 is 0 Å². The van der Waals surface area contributed by atoms with Crippen LogP contribution in [-0.4, -0.2) is 32.5 Å². The Labute approximate surface area is 212 Å². The van der Waals surface area contributed by atoms with E-state index in [1.54, 1.807) is 32.0 Å². The van der Waals surface area contributed by atoms with Gasteiger partial charge < -0.3 is 14.7 Å². The van der Waals surface area contributed by atoms with E-state index in [-0.39, 0.29) is 18.2 Å². The molecular weight excluding hydrogens is 487 g/mol. The molecule has 36 heavy (non-hydrogen) atoms. The van der Waals surface area contributed by atoms with Crippen molar-refractivity contribution in [3.63, 3.8) is 0 Å². The first kappa shape index (κ1) is 24.3. The lowest BCUT2D eigenvalue weighted by molar-refractivity contribution is 0.144. The van der Waals surface area contributed by atoms with Crippen LogP contribution in [0, 0.1) is 24.5 Å². The van der Waals surface area contributed by atoms with Crippen LogP contribution in [-0.2, 0) is 11.3 Å². The Morgan fingerprint density at radius 2 is 1.97 bits per heavy atom. The summed E-state index contributed by atoms with van der Waals surface area (Å²) in [6.45, 7) is 3.62. The SMILES string of the molecule is CC1=CC(OCc2ncc(F)cc2F)=C(Cl)[B]N1c1cc(-c2ccnc(C(O)C3CC3)n2)ncc1C. The van der Waals surface area contributed by atoms with Crippen LogP contribution in [0.25, 0.3) is 11.4 Å². The molecule has 3 aromatic rings. The van der Waals surface area contributed by atoms with Crippen LogP contribution in [0.5, 0.6) is 0 Å². The third-order valence-corrected chi connectivity index (χ3v) is 6.33. The minimum Gasteiger partial charge on any atom is -0.487 e. The van der Waals surface area contributed by atoms with E-state index in [0.717, 1.165) is 42.1 Å². The van der Waals surface area contributed by atoms with Crippen LogP contribution in [0.4, 0.5) is 14.5 Å². The minimum absolute atomic E-state index is 0.0208. The summed E-state index contributed by atoms with van der Waals surface area (Å²) in [6.07, 6.45) is 7.34. The van der Waals surface area contributed by atoms with Gasteiger partial charge in [0.1, 0.15) is 30.0 Å². The monoisotopic (exact) mass is 508 g/mol. The molecule has 7 nitrogen and oxygen atoms in total. The van der Waals surface area contributed by atoms with Gasteiger partial charge in [0, 0.05) is 34.8 Å². The van der Waals surface area contributed by atoms with Gasteiger partial charge in [0.05, 0.1) is 17.6 Å². The Hall–Kier alpha value is -3.37. The fraction of sp³-hybridized carbons (Fsp3) is 0.280. The van der Waals surface area contributed by atoms with Gasteiger partial charge in [0.2, 0.25) is 0 Å². The molecule has 0 amide bonds. The predicted octanol–water partition coefficient (Wildman–Crippen LogP) is 4.93. The lowest BCUT2D eigenvalue weighted by Gasteiger charge is -2.30. The Balaban J connectivity index is 1.36. The fourth-order valence-electron chi connectivity index (χ4n) is 3.87. The summed E-state index contributed by atoms with van der Waals surface area (Å²) in [4.78, 5) is 19.3. The molecule has 4 heterocycles. The molecule has 183 valence electrons. The molecular formula is C25H22BClF2N5O2. The fourth-order valence-corrected chi connectivity index (χ4v) is 4.07. The van der Waals surface area contributed by atoms with Crippen LogP contribution >= 0.6 is 11.6 Å². The summed E-state index contributed by atoms with van der Waals surface area (Å²) in [5.41, 5.74) is 3.76. The van der Waals surface area contributed by atoms with E-state index in [1.165, 1.54) is 0 Å². The molecule has 0 bridgehead atoms. The summed E-state index contributed by atoms with van der Waals surface area (Å²) in [6, 6.07) is 4.41. The number of anilines is 1. The number of halogens is 3. The maximum Gasteiger partial charge on any atom is 0.308 e. The third kappa shape index (κ3) is 5.10. The molecule has 1 fully saturated rings. The van der Waals surface area contributed by atoms with Crippen molar-refractivity contribution in [3.8, 4) is 11.4 Å². The standard InChI is InChI=1S/C25H22BClF2N5O2/c1-13-10-31-19(18-5-6-30-25(33-18)23(35)15-3-4-15)9-21(13)34-14(2)7-22(24(27)26-34)36-12-20-17(29)8-16(28)11-32-20/h5-11,15,23,35H,3-4,12H2,1-2H3. The smallest absolute Gasteiger partial charge is 0.308 e. The number of aliphatic hydroxyl groups is 1. The number of hydrogen-bond donors (Lipinski definition) is 1. The molecule has 1 aliphatic carbocycles. The Morgan fingerprint density at radius 3 is 2.72 bits per heavy atom. The molecule has 11 heteroatoms. The van der Waals surface area contributed by atoms with Crippen molar-refractivity contribution in [1.82, 2.24) is 19.9 Å². The molecule has 1 aliphatic heterocycles. The lowest BCUT2D eigenvalue weighted by atomic mass is 9.84. The van der Waals surface area contributed by atoms with Gasteiger partial charge >= 0.3 is 7.41 Å². The van der Waals surface area contributed by atoms with Crippen molar-refractivity contribution in [2.24, 2.45) is 5.92 Å². The third-order valence-electron chi connectivity index (χ3n) is 6.05. The zero-order valence-electron chi connectivity index (χ0n) is 19.6. The number of ether oxygens (including phenoxy) is 1. The van der Waals surface area contributed by atoms with Gasteiger partial charge in [-0.15, -0.1) is 0 Å². The number of pyridine rings is 2. The average molecular weight is 509 g/mol. The van der Waals surface area contributed by atoms with Crippen molar-refractivity contribution >= 4 is 24.7 Å². The van der Waals surface area contributed by atoms with Crippen molar-refractivity contribution in [3.05, 3.63) is 88.0 Å². The van der Waals surface area contributed by atoms with Gasteiger partial charge in [0.25, 0.3) is 0 Å². The van der Waals surface area contributed by atoms with Crippen molar-refractivity contribution < 1.29 is 18.6 Å². The maximum absolute atomic E-state index is 13.9. The van der Waals surface area contributed by atoms with E-state index < -0.39 is 17.7 Å². The molecule has 5 rings (SSSR count). The molecule has 1 saturated carbocycles. The van der Waals surface area contributed by atoms with Crippen molar-refractivity contribution in [2.75, 3.05) is 4.81 Å². The quantitative estimate of drug-likeness (QED) is 0.453. The van der Waals surface area contributed by atoms with Gasteiger partial charge in [0.15, 0.2) is 11.6 Å². The summed E-state index contributed by atoms with van der Waals surface area (Å²) in [7, 11) is 1.70. The maximum atomic E-state index is 13.9. The van der Waals surface area contributed by atoms with Gasteiger partial charge in [-0.1, -0.05) is 11.6 Å². The Morgan fingerprint density at radius 1 is 1.17 bits per heavy atom. The number of aliphatic hydroxyl groups excluding tert-OH is 1. The van der Waals surface area contributed by atoms with E-state index in [4.69, 9.17) is 16.3 Å². The molecule has 1 unspecified atom stereocenters. The number of allylic oxidation sites excluding steroid dienone is 2. The predicted molar refractivity (Wildman–Crippen MR) is 131 cm³/mol. The average Bonchev–Trinajstić information content (AvgIpc) is 3.71. The Bertz CT molecular complexity index is 1380. The van der Waals surface area contributed by atoms with Crippen LogP contribution in [0.15, 0.2) is 59.3 Å². The van der Waals surface area contributed by atoms with E-state index in [1.807, 2.05) is 24.7 Å². The van der Waals surface area contributed by atoms with E-state index in [2.05, 4.69) is 19.9 Å². The van der Waals surface area contributed by atoms with Crippen molar-refractivity contribution in [2.45, 2.75) is 39.4 Å². The highest BCUT2D eigenvalue weighted by Gasteiger charge is 2.33.